The van der Waals surface area contributed by atoms with Crippen LogP contribution in [0.3, 0.4) is 0 Å². The zero-order chi connectivity index (χ0) is 8.48. The van der Waals surface area contributed by atoms with Crippen LogP contribution in [0.25, 0.3) is 0 Å². The molecule has 0 unspecified atom stereocenters. The number of sulfone groups is 1. The van der Waals surface area contributed by atoms with Crippen molar-refractivity contribution in [2.24, 2.45) is 0 Å². The highest BCUT2D eigenvalue weighted by atomic mass is 35.5. The van der Waals surface area contributed by atoms with Crippen LogP contribution >= 0.6 is 11.6 Å². The third kappa shape index (κ3) is 2.13. The second kappa shape index (κ2) is 2.75. The van der Waals surface area contributed by atoms with Gasteiger partial charge >= 0.3 is 0 Å². The summed E-state index contributed by atoms with van der Waals surface area (Å²) >= 11 is 5.41. The summed E-state index contributed by atoms with van der Waals surface area (Å²) in [6.07, 6.45) is 3.48. The van der Waals surface area contributed by atoms with Crippen molar-refractivity contribution >= 4 is 21.4 Å². The third-order valence-electron chi connectivity index (χ3n) is 0.963. The van der Waals surface area contributed by atoms with Crippen LogP contribution in [0.5, 0.6) is 0 Å². The first-order chi connectivity index (χ1) is 5.00. The van der Waals surface area contributed by atoms with E-state index in [-0.39, 0.29) is 10.2 Å². The molecule has 0 radical (unpaired) electrons. The Bertz CT molecular complexity index is 363. The van der Waals surface area contributed by atoms with Crippen LogP contribution in [0.4, 0.5) is 0 Å². The van der Waals surface area contributed by atoms with Crippen LogP contribution in [0.2, 0.25) is 5.15 Å². The fraction of sp³-hybridized carbons (Fsp3) is 0.200. The Balaban J connectivity index is 3.28. The molecule has 1 aromatic rings. The van der Waals surface area contributed by atoms with Crippen LogP contribution in [0, 0.1) is 0 Å². The topological polar surface area (TPSA) is 59.9 Å². The number of nitrogens with zero attached hydrogens (tertiary/aromatic N) is 2. The maximum Gasteiger partial charge on any atom is 0.194 e. The van der Waals surface area contributed by atoms with Crippen LogP contribution in [-0.2, 0) is 9.84 Å². The SMILES string of the molecule is CS(=O)(=O)c1cncc(Cl)n1. The van der Waals surface area contributed by atoms with Gasteiger partial charge in [0.05, 0.1) is 12.4 Å². The van der Waals surface area contributed by atoms with Gasteiger partial charge in [-0.25, -0.2) is 13.4 Å². The first-order valence-electron chi connectivity index (χ1n) is 2.68. The van der Waals surface area contributed by atoms with E-state index in [4.69, 9.17) is 11.6 Å². The second-order valence-corrected chi connectivity index (χ2v) is 4.30. The summed E-state index contributed by atoms with van der Waals surface area (Å²) in [4.78, 5) is 7.14. The Morgan fingerprint density at radius 1 is 1.45 bits per heavy atom. The normalized spacial score (nSPS) is 11.5. The molecule has 1 rings (SSSR count). The van der Waals surface area contributed by atoms with Crippen LogP contribution < -0.4 is 0 Å². The fourth-order valence-corrected chi connectivity index (χ4v) is 1.22. The van der Waals surface area contributed by atoms with Crippen molar-refractivity contribution in [1.29, 1.82) is 0 Å². The standard InChI is InChI=1S/C5H5ClN2O2S/c1-11(9,10)5-3-7-2-4(6)8-5/h2-3H,1H3. The number of hydrogen-bond donors (Lipinski definition) is 0. The molecule has 0 saturated carbocycles. The molecule has 6 heteroatoms. The number of aromatic nitrogens is 2. The molecular formula is C5H5ClN2O2S. The molecule has 0 fully saturated rings. The van der Waals surface area contributed by atoms with Crippen molar-refractivity contribution in [2.45, 2.75) is 5.03 Å². The van der Waals surface area contributed by atoms with Gasteiger partial charge in [0.15, 0.2) is 14.9 Å². The molecule has 0 aliphatic carbocycles. The molecule has 1 heterocycles. The predicted octanol–water partition coefficient (Wildman–Crippen LogP) is 0.534. The van der Waals surface area contributed by atoms with Gasteiger partial charge in [-0.3, -0.25) is 4.98 Å². The average molecular weight is 193 g/mol. The molecule has 0 N–H and O–H groups in total. The van der Waals surface area contributed by atoms with Crippen molar-refractivity contribution < 1.29 is 8.42 Å². The maximum atomic E-state index is 10.8. The van der Waals surface area contributed by atoms with Crippen LogP contribution in [-0.4, -0.2) is 24.6 Å². The first kappa shape index (κ1) is 8.42. The van der Waals surface area contributed by atoms with Crippen molar-refractivity contribution in [3.8, 4) is 0 Å². The minimum Gasteiger partial charge on any atom is -0.259 e. The van der Waals surface area contributed by atoms with E-state index >= 15 is 0 Å². The molecule has 0 amide bonds. The average Bonchev–Trinajstić information content (AvgIpc) is 1.86. The lowest BCUT2D eigenvalue weighted by Crippen LogP contribution is -2.00. The van der Waals surface area contributed by atoms with E-state index in [9.17, 15) is 8.42 Å². The van der Waals surface area contributed by atoms with E-state index < -0.39 is 9.84 Å². The fourth-order valence-electron chi connectivity index (χ4n) is 0.504. The number of rotatable bonds is 1. The van der Waals surface area contributed by atoms with Gasteiger partial charge in [-0.05, 0) is 0 Å². The minimum atomic E-state index is -3.28. The Morgan fingerprint density at radius 2 is 2.09 bits per heavy atom. The summed E-state index contributed by atoms with van der Waals surface area (Å²) in [5, 5.41) is -0.0297. The summed E-state index contributed by atoms with van der Waals surface area (Å²) in [6, 6.07) is 0. The van der Waals surface area contributed by atoms with Gasteiger partial charge in [-0.1, -0.05) is 11.6 Å². The highest BCUT2D eigenvalue weighted by molar-refractivity contribution is 7.90. The summed E-state index contributed by atoms with van der Waals surface area (Å²) in [6.45, 7) is 0. The van der Waals surface area contributed by atoms with Gasteiger partial charge in [-0.15, -0.1) is 0 Å². The zero-order valence-corrected chi connectivity index (χ0v) is 7.22. The van der Waals surface area contributed by atoms with Gasteiger partial charge < -0.3 is 0 Å². The monoisotopic (exact) mass is 192 g/mol. The van der Waals surface area contributed by atoms with Gasteiger partial charge in [0.1, 0.15) is 5.15 Å². The lowest BCUT2D eigenvalue weighted by atomic mass is 10.8. The van der Waals surface area contributed by atoms with Crippen LogP contribution in [0.1, 0.15) is 0 Å². The van der Waals surface area contributed by atoms with Gasteiger partial charge in [-0.2, -0.15) is 0 Å². The molecule has 0 spiro atoms. The summed E-state index contributed by atoms with van der Waals surface area (Å²) in [5.41, 5.74) is 0. The lowest BCUT2D eigenvalue weighted by Gasteiger charge is -1.94. The van der Waals surface area contributed by atoms with E-state index in [1.54, 1.807) is 0 Å². The highest BCUT2D eigenvalue weighted by Crippen LogP contribution is 2.06. The minimum absolute atomic E-state index is 0.0768. The summed E-state index contributed by atoms with van der Waals surface area (Å²) in [5.74, 6) is 0. The molecule has 0 bridgehead atoms. The summed E-state index contributed by atoms with van der Waals surface area (Å²) in [7, 11) is -3.28. The van der Waals surface area contributed by atoms with Crippen molar-refractivity contribution in [1.82, 2.24) is 9.97 Å². The van der Waals surface area contributed by atoms with Gasteiger partial charge in [0.25, 0.3) is 0 Å². The zero-order valence-electron chi connectivity index (χ0n) is 5.65. The molecular weight excluding hydrogens is 188 g/mol. The van der Waals surface area contributed by atoms with E-state index in [1.165, 1.54) is 6.20 Å². The van der Waals surface area contributed by atoms with Gasteiger partial charge in [0, 0.05) is 6.26 Å². The Labute approximate surface area is 69.2 Å². The first-order valence-corrected chi connectivity index (χ1v) is 4.95. The molecule has 60 valence electrons. The summed E-state index contributed by atoms with van der Waals surface area (Å²) < 4.78 is 21.6. The smallest absolute Gasteiger partial charge is 0.194 e. The van der Waals surface area contributed by atoms with E-state index in [0.29, 0.717) is 0 Å². The molecule has 0 atom stereocenters. The Kier molecular flexibility index (Phi) is 2.10. The van der Waals surface area contributed by atoms with Crippen LogP contribution in [0.15, 0.2) is 17.4 Å². The Hall–Kier alpha value is -0.680. The second-order valence-electron chi connectivity index (χ2n) is 1.95. The molecule has 0 aromatic carbocycles. The lowest BCUT2D eigenvalue weighted by molar-refractivity contribution is 0.597. The quantitative estimate of drug-likeness (QED) is 0.652. The Morgan fingerprint density at radius 3 is 2.45 bits per heavy atom. The maximum absolute atomic E-state index is 10.8. The molecule has 11 heavy (non-hydrogen) atoms. The third-order valence-corrected chi connectivity index (χ3v) is 2.10. The highest BCUT2D eigenvalue weighted by Gasteiger charge is 2.08. The van der Waals surface area contributed by atoms with E-state index in [1.807, 2.05) is 0 Å². The van der Waals surface area contributed by atoms with E-state index in [2.05, 4.69) is 9.97 Å². The molecule has 1 aromatic heterocycles. The van der Waals surface area contributed by atoms with Crippen molar-refractivity contribution in [3.05, 3.63) is 17.5 Å². The largest absolute Gasteiger partial charge is 0.259 e. The molecule has 0 saturated heterocycles. The molecule has 4 nitrogen and oxygen atoms in total. The van der Waals surface area contributed by atoms with Crippen molar-refractivity contribution in [2.75, 3.05) is 6.26 Å². The van der Waals surface area contributed by atoms with Gasteiger partial charge in [0.2, 0.25) is 0 Å². The van der Waals surface area contributed by atoms with Crippen molar-refractivity contribution in [3.63, 3.8) is 0 Å². The molecule has 0 aliphatic rings. The number of hydrogen-bond acceptors (Lipinski definition) is 4. The predicted molar refractivity (Wildman–Crippen MR) is 40.2 cm³/mol. The molecule has 0 aliphatic heterocycles. The number of halogens is 1. The van der Waals surface area contributed by atoms with E-state index in [0.717, 1.165) is 12.5 Å².